The fourth-order valence-corrected chi connectivity index (χ4v) is 5.78. The van der Waals surface area contributed by atoms with E-state index in [1.807, 2.05) is 4.68 Å². The largest absolute Gasteiger partial charge is 0.496 e. The summed E-state index contributed by atoms with van der Waals surface area (Å²) in [4.78, 5) is 14.0. The van der Waals surface area contributed by atoms with E-state index in [1.165, 1.54) is 12.0 Å². The molecule has 5 rings (SSSR count). The Morgan fingerprint density at radius 1 is 1.19 bits per heavy atom. The molecule has 2 aliphatic heterocycles. The van der Waals surface area contributed by atoms with Gasteiger partial charge in [-0.3, -0.25) is 9.58 Å². The number of fused-ring (bicyclic) bond motifs is 3. The van der Waals surface area contributed by atoms with Crippen LogP contribution in [0.5, 0.6) is 5.75 Å². The third kappa shape index (κ3) is 4.98. The van der Waals surface area contributed by atoms with Crippen molar-refractivity contribution in [3.8, 4) is 5.75 Å². The monoisotopic (exact) mass is 494 g/mol. The number of nitrogen functional groups attached to an aromatic ring is 1. The Morgan fingerprint density at radius 3 is 2.75 bits per heavy atom. The molecule has 4 N–H and O–H groups in total. The number of nitrogens with zero attached hydrogens (tertiary/aromatic N) is 6. The van der Waals surface area contributed by atoms with Gasteiger partial charge in [0, 0.05) is 49.9 Å². The molecule has 0 saturated carbocycles. The SMILES string of the molecule is CCC[C@@H](CCO)Nc1nc(N)nc2cnn(Cc3ccc(CN4C[C@H]5C[C@@H]4CN5C)cc3OC)c12. The molecule has 194 valence electrons. The number of aromatic nitrogens is 4. The minimum absolute atomic E-state index is 0.0929. The zero-order chi connectivity index (χ0) is 25.2. The number of piperazine rings is 1. The molecule has 2 saturated heterocycles. The number of benzene rings is 1. The number of ether oxygens (including phenoxy) is 1. The Bertz CT molecular complexity index is 1190. The molecule has 2 aromatic heterocycles. The Balaban J connectivity index is 1.38. The Hall–Kier alpha value is -2.95. The molecule has 0 amide bonds. The van der Waals surface area contributed by atoms with Crippen LogP contribution in [0.2, 0.25) is 0 Å². The van der Waals surface area contributed by atoms with Gasteiger partial charge in [0.25, 0.3) is 0 Å². The maximum atomic E-state index is 9.50. The minimum Gasteiger partial charge on any atom is -0.496 e. The molecule has 10 nitrogen and oxygen atoms in total. The summed E-state index contributed by atoms with van der Waals surface area (Å²) in [6, 6.07) is 7.93. The van der Waals surface area contributed by atoms with Crippen LogP contribution in [-0.4, -0.2) is 86.6 Å². The van der Waals surface area contributed by atoms with Crippen LogP contribution in [0.1, 0.15) is 43.7 Å². The molecule has 36 heavy (non-hydrogen) atoms. The number of hydrogen-bond donors (Lipinski definition) is 3. The van der Waals surface area contributed by atoms with Gasteiger partial charge in [0.2, 0.25) is 5.95 Å². The van der Waals surface area contributed by atoms with Gasteiger partial charge in [-0.05, 0) is 37.9 Å². The second-order valence-electron chi connectivity index (χ2n) is 10.2. The van der Waals surface area contributed by atoms with Gasteiger partial charge in [0.15, 0.2) is 5.82 Å². The van der Waals surface area contributed by atoms with Gasteiger partial charge in [-0.15, -0.1) is 0 Å². The molecule has 2 aliphatic rings. The third-order valence-electron chi connectivity index (χ3n) is 7.65. The first-order valence-corrected chi connectivity index (χ1v) is 13.0. The first kappa shape index (κ1) is 24.7. The molecule has 10 heteroatoms. The Kier molecular flexibility index (Phi) is 7.27. The quantitative estimate of drug-likeness (QED) is 0.369. The fourth-order valence-electron chi connectivity index (χ4n) is 5.78. The minimum atomic E-state index is 0.0929. The number of likely N-dealkylation sites (N-methyl/N-ethyl adjacent to an activating group) is 1. The molecule has 1 aromatic carbocycles. The lowest BCUT2D eigenvalue weighted by molar-refractivity contribution is 0.143. The van der Waals surface area contributed by atoms with Crippen LogP contribution in [0.25, 0.3) is 11.0 Å². The van der Waals surface area contributed by atoms with Crippen LogP contribution in [0.3, 0.4) is 0 Å². The van der Waals surface area contributed by atoms with E-state index >= 15 is 0 Å². The summed E-state index contributed by atoms with van der Waals surface area (Å²) in [6.07, 6.45) is 5.56. The van der Waals surface area contributed by atoms with Gasteiger partial charge < -0.3 is 25.8 Å². The van der Waals surface area contributed by atoms with E-state index in [1.54, 1.807) is 13.3 Å². The topological polar surface area (TPSA) is 118 Å². The third-order valence-corrected chi connectivity index (χ3v) is 7.65. The highest BCUT2D eigenvalue weighted by Crippen LogP contribution is 2.32. The lowest BCUT2D eigenvalue weighted by Gasteiger charge is -2.32. The van der Waals surface area contributed by atoms with E-state index < -0.39 is 0 Å². The summed E-state index contributed by atoms with van der Waals surface area (Å²) in [7, 11) is 3.95. The number of anilines is 2. The van der Waals surface area contributed by atoms with E-state index in [-0.39, 0.29) is 18.6 Å². The Morgan fingerprint density at radius 2 is 2.06 bits per heavy atom. The van der Waals surface area contributed by atoms with Gasteiger partial charge in [-0.1, -0.05) is 25.5 Å². The summed E-state index contributed by atoms with van der Waals surface area (Å²) < 4.78 is 7.70. The molecule has 4 heterocycles. The van der Waals surface area contributed by atoms with E-state index in [0.717, 1.165) is 49.3 Å². The smallest absolute Gasteiger partial charge is 0.222 e. The zero-order valence-electron chi connectivity index (χ0n) is 21.5. The average molecular weight is 495 g/mol. The van der Waals surface area contributed by atoms with Crippen LogP contribution >= 0.6 is 0 Å². The van der Waals surface area contributed by atoms with Crippen molar-refractivity contribution in [1.29, 1.82) is 0 Å². The standard InChI is InChI=1S/C26H38N8O2/c1-4-5-19(8-9-35)29-25-24-22(30-26(27)31-25)12-28-34(24)14-18-7-6-17(10-23(18)36-3)13-33-16-20-11-21(33)15-32(20)2/h6-7,10,12,19-21,35H,4-5,8-9,11,13-16H2,1-3H3,(H3,27,29,30,31)/t19-,20+,21+/m0/s1. The van der Waals surface area contributed by atoms with Crippen molar-refractivity contribution in [2.45, 2.75) is 63.8 Å². The molecule has 0 spiro atoms. The average Bonchev–Trinajstić information content (AvgIpc) is 3.54. The Labute approximate surface area is 212 Å². The number of nitrogens with two attached hydrogens (primary N) is 1. The number of likely N-dealkylation sites (tertiary alicyclic amines) is 2. The highest BCUT2D eigenvalue weighted by Gasteiger charge is 2.41. The van der Waals surface area contributed by atoms with Crippen LogP contribution < -0.4 is 15.8 Å². The fraction of sp³-hybridized carbons (Fsp3) is 0.577. The molecule has 0 radical (unpaired) electrons. The lowest BCUT2D eigenvalue weighted by atomic mass is 10.1. The number of methoxy groups -OCH3 is 1. The van der Waals surface area contributed by atoms with Crippen molar-refractivity contribution in [1.82, 2.24) is 29.5 Å². The predicted octanol–water partition coefficient (Wildman–Crippen LogP) is 2.32. The predicted molar refractivity (Wildman–Crippen MR) is 141 cm³/mol. The van der Waals surface area contributed by atoms with Gasteiger partial charge in [0.05, 0.1) is 19.9 Å². The van der Waals surface area contributed by atoms with E-state index in [9.17, 15) is 5.11 Å². The maximum absolute atomic E-state index is 9.50. The molecule has 3 atom stereocenters. The highest BCUT2D eigenvalue weighted by molar-refractivity contribution is 5.86. The van der Waals surface area contributed by atoms with Crippen molar-refractivity contribution in [3.63, 3.8) is 0 Å². The molecule has 2 fully saturated rings. The number of rotatable bonds is 11. The van der Waals surface area contributed by atoms with E-state index in [4.69, 9.17) is 10.5 Å². The number of aliphatic hydroxyl groups is 1. The molecule has 0 aliphatic carbocycles. The van der Waals surface area contributed by atoms with Crippen LogP contribution in [-0.2, 0) is 13.1 Å². The molecular formula is C26H38N8O2. The van der Waals surface area contributed by atoms with Gasteiger partial charge in [-0.25, -0.2) is 4.98 Å². The van der Waals surface area contributed by atoms with Crippen LogP contribution in [0.15, 0.2) is 24.4 Å². The zero-order valence-corrected chi connectivity index (χ0v) is 21.5. The van der Waals surface area contributed by atoms with Gasteiger partial charge >= 0.3 is 0 Å². The van der Waals surface area contributed by atoms with Gasteiger partial charge in [0.1, 0.15) is 16.8 Å². The number of hydrogen-bond acceptors (Lipinski definition) is 9. The van der Waals surface area contributed by atoms with Crippen molar-refractivity contribution in [2.75, 3.05) is 44.9 Å². The molecular weight excluding hydrogens is 456 g/mol. The summed E-state index contributed by atoms with van der Waals surface area (Å²) in [5, 5.41) is 17.6. The normalized spacial score (nSPS) is 20.9. The summed E-state index contributed by atoms with van der Waals surface area (Å²) in [6.45, 7) is 6.00. The number of aliphatic hydroxyl groups excluding tert-OH is 1. The second-order valence-corrected chi connectivity index (χ2v) is 10.2. The van der Waals surface area contributed by atoms with Crippen molar-refractivity contribution < 1.29 is 9.84 Å². The summed E-state index contributed by atoms with van der Waals surface area (Å²) in [5.41, 5.74) is 9.78. The second kappa shape index (κ2) is 10.6. The first-order chi connectivity index (χ1) is 17.5. The molecule has 0 unspecified atom stereocenters. The van der Waals surface area contributed by atoms with Gasteiger partial charge in [-0.2, -0.15) is 10.1 Å². The summed E-state index contributed by atoms with van der Waals surface area (Å²) >= 11 is 0. The van der Waals surface area contributed by atoms with Crippen molar-refractivity contribution >= 4 is 22.8 Å². The van der Waals surface area contributed by atoms with Crippen molar-refractivity contribution in [2.24, 2.45) is 0 Å². The molecule has 2 bridgehead atoms. The first-order valence-electron chi connectivity index (χ1n) is 13.0. The van der Waals surface area contributed by atoms with E-state index in [2.05, 4.69) is 62.4 Å². The van der Waals surface area contributed by atoms with Crippen molar-refractivity contribution in [3.05, 3.63) is 35.5 Å². The van der Waals surface area contributed by atoms with Crippen LogP contribution in [0.4, 0.5) is 11.8 Å². The number of nitrogens with one attached hydrogen (secondary N) is 1. The van der Waals surface area contributed by atoms with Crippen LogP contribution in [0, 0.1) is 0 Å². The summed E-state index contributed by atoms with van der Waals surface area (Å²) in [5.74, 6) is 1.70. The maximum Gasteiger partial charge on any atom is 0.222 e. The molecule has 3 aromatic rings. The van der Waals surface area contributed by atoms with E-state index in [0.29, 0.717) is 36.4 Å². The highest BCUT2D eigenvalue weighted by atomic mass is 16.5. The lowest BCUT2D eigenvalue weighted by Crippen LogP contribution is -2.43.